The van der Waals surface area contributed by atoms with Gasteiger partial charge in [0.15, 0.2) is 5.92 Å². The Hall–Kier alpha value is -2.35. The summed E-state index contributed by atoms with van der Waals surface area (Å²) in [7, 11) is 0. The molecule has 0 spiro atoms. The zero-order valence-corrected chi connectivity index (χ0v) is 11.7. The van der Waals surface area contributed by atoms with E-state index in [-0.39, 0.29) is 5.92 Å². The number of benzene rings is 2. The summed E-state index contributed by atoms with van der Waals surface area (Å²) in [5, 5.41) is 0. The molecule has 3 rings (SSSR count). The highest BCUT2D eigenvalue weighted by molar-refractivity contribution is 5.37. The monoisotopic (exact) mass is 265 g/mol. The summed E-state index contributed by atoms with van der Waals surface area (Å²) in [6.07, 6.45) is 0. The minimum atomic E-state index is -0.00944. The maximum absolute atomic E-state index is 5.82. The molecule has 0 aliphatic rings. The number of hydrogen-bond acceptors (Lipinski definition) is 1. The molecule has 1 heterocycles. The lowest BCUT2D eigenvalue weighted by Gasteiger charge is -2.08. The number of rotatable bonds is 3. The number of aryl methyl sites for hydroxylation is 2. The van der Waals surface area contributed by atoms with Gasteiger partial charge in [-0.3, -0.25) is 8.83 Å². The standard InChI is InChI=1S/C18H17O2/c1-13-14(2)20-18(19-13)17(15-9-5-3-6-10-15)16-11-7-4-8-12-16/h3-12,17H,1-2H3/q+1. The summed E-state index contributed by atoms with van der Waals surface area (Å²) >= 11 is 0. The van der Waals surface area contributed by atoms with Gasteiger partial charge in [0, 0.05) is 13.8 Å². The van der Waals surface area contributed by atoms with Crippen LogP contribution >= 0.6 is 0 Å². The third-order valence-electron chi connectivity index (χ3n) is 3.50. The van der Waals surface area contributed by atoms with E-state index in [1.165, 1.54) is 0 Å². The molecule has 0 unspecified atom stereocenters. The Balaban J connectivity index is 2.14. The first-order valence-electron chi connectivity index (χ1n) is 6.75. The van der Waals surface area contributed by atoms with Crippen molar-refractivity contribution in [2.45, 2.75) is 19.8 Å². The molecule has 0 saturated heterocycles. The van der Waals surface area contributed by atoms with Crippen LogP contribution in [0.2, 0.25) is 0 Å². The van der Waals surface area contributed by atoms with Crippen LogP contribution in [0.3, 0.4) is 0 Å². The van der Waals surface area contributed by atoms with Gasteiger partial charge in [-0.25, -0.2) is 0 Å². The van der Waals surface area contributed by atoms with Gasteiger partial charge in [0.1, 0.15) is 0 Å². The molecule has 2 heteroatoms. The Bertz CT molecular complexity index is 625. The smallest absolute Gasteiger partial charge is 0.275 e. The second kappa shape index (κ2) is 5.33. The van der Waals surface area contributed by atoms with Gasteiger partial charge in [0.2, 0.25) is 0 Å². The first-order valence-corrected chi connectivity index (χ1v) is 6.75. The quantitative estimate of drug-likeness (QED) is 0.626. The minimum absolute atomic E-state index is 0.00944. The predicted octanol–water partition coefficient (Wildman–Crippen LogP) is 4.95. The molecular weight excluding hydrogens is 248 g/mol. The molecule has 20 heavy (non-hydrogen) atoms. The van der Waals surface area contributed by atoms with Crippen molar-refractivity contribution in [2.75, 3.05) is 0 Å². The summed E-state index contributed by atoms with van der Waals surface area (Å²) in [6.45, 7) is 3.85. The SMILES string of the molecule is Cc1oc(C(c2ccccc2)c2ccccc2)[o+]c1C. The van der Waals surface area contributed by atoms with Gasteiger partial charge in [-0.2, -0.15) is 0 Å². The van der Waals surface area contributed by atoms with Crippen LogP contribution in [-0.4, -0.2) is 0 Å². The van der Waals surface area contributed by atoms with Crippen molar-refractivity contribution >= 4 is 0 Å². The Kier molecular flexibility index (Phi) is 3.38. The predicted molar refractivity (Wildman–Crippen MR) is 78.7 cm³/mol. The molecule has 0 aliphatic carbocycles. The van der Waals surface area contributed by atoms with E-state index < -0.39 is 0 Å². The van der Waals surface area contributed by atoms with E-state index in [0.717, 1.165) is 22.6 Å². The summed E-state index contributed by atoms with van der Waals surface area (Å²) in [5.41, 5.74) is 2.33. The van der Waals surface area contributed by atoms with Crippen molar-refractivity contribution in [1.82, 2.24) is 0 Å². The van der Waals surface area contributed by atoms with Crippen molar-refractivity contribution in [3.05, 3.63) is 89.3 Å². The number of hydrogen-bond donors (Lipinski definition) is 0. The fraction of sp³-hybridized carbons (Fsp3) is 0.167. The average Bonchev–Trinajstić information content (AvgIpc) is 2.81. The largest absolute Gasteiger partial charge is 0.509 e. The fourth-order valence-corrected chi connectivity index (χ4v) is 2.34. The van der Waals surface area contributed by atoms with Crippen molar-refractivity contribution < 1.29 is 8.83 Å². The Labute approximate surface area is 118 Å². The molecule has 3 aromatic rings. The Morgan fingerprint density at radius 1 is 0.800 bits per heavy atom. The lowest BCUT2D eigenvalue weighted by molar-refractivity contribution is 0.353. The van der Waals surface area contributed by atoms with Gasteiger partial charge < -0.3 is 0 Å². The Morgan fingerprint density at radius 2 is 1.30 bits per heavy atom. The maximum Gasteiger partial charge on any atom is 0.509 e. The summed E-state index contributed by atoms with van der Waals surface area (Å²) < 4.78 is 11.6. The molecule has 100 valence electrons. The van der Waals surface area contributed by atoms with E-state index in [2.05, 4.69) is 24.3 Å². The minimum Gasteiger partial charge on any atom is -0.275 e. The van der Waals surface area contributed by atoms with Crippen molar-refractivity contribution in [3.63, 3.8) is 0 Å². The highest BCUT2D eigenvalue weighted by Gasteiger charge is 2.33. The highest BCUT2D eigenvalue weighted by Crippen LogP contribution is 2.33. The van der Waals surface area contributed by atoms with Crippen LogP contribution in [0.15, 0.2) is 69.5 Å². The van der Waals surface area contributed by atoms with Crippen LogP contribution in [0.4, 0.5) is 0 Å². The maximum atomic E-state index is 5.82. The molecule has 0 N–H and O–H groups in total. The topological polar surface area (TPSA) is 24.4 Å². The molecule has 0 radical (unpaired) electrons. The van der Waals surface area contributed by atoms with Crippen molar-refractivity contribution in [1.29, 1.82) is 0 Å². The average molecular weight is 265 g/mol. The third kappa shape index (κ3) is 2.37. The fourth-order valence-electron chi connectivity index (χ4n) is 2.34. The first kappa shape index (κ1) is 12.7. The van der Waals surface area contributed by atoms with E-state index in [4.69, 9.17) is 8.83 Å². The molecule has 0 atom stereocenters. The second-order valence-electron chi connectivity index (χ2n) is 4.89. The second-order valence-corrected chi connectivity index (χ2v) is 4.89. The molecule has 0 fully saturated rings. The van der Waals surface area contributed by atoms with E-state index in [0.29, 0.717) is 5.96 Å². The molecule has 1 aromatic heterocycles. The molecule has 2 aromatic carbocycles. The van der Waals surface area contributed by atoms with Crippen molar-refractivity contribution in [2.24, 2.45) is 0 Å². The van der Waals surface area contributed by atoms with E-state index in [9.17, 15) is 0 Å². The first-order chi connectivity index (χ1) is 9.75. The molecule has 0 amide bonds. The normalized spacial score (nSPS) is 10.9. The van der Waals surface area contributed by atoms with Crippen LogP contribution < -0.4 is 0 Å². The molecular formula is C18H17O2+. The molecule has 0 aliphatic heterocycles. The van der Waals surface area contributed by atoms with E-state index in [1.807, 2.05) is 50.2 Å². The van der Waals surface area contributed by atoms with Crippen LogP contribution in [-0.2, 0) is 0 Å². The molecule has 2 nitrogen and oxygen atoms in total. The van der Waals surface area contributed by atoms with Gasteiger partial charge in [0.25, 0.3) is 11.5 Å². The van der Waals surface area contributed by atoms with Crippen molar-refractivity contribution in [3.8, 4) is 0 Å². The van der Waals surface area contributed by atoms with Crippen LogP contribution in [0.5, 0.6) is 0 Å². The van der Waals surface area contributed by atoms with E-state index in [1.54, 1.807) is 0 Å². The highest BCUT2D eigenvalue weighted by atomic mass is 16.5. The lowest BCUT2D eigenvalue weighted by Crippen LogP contribution is -2.01. The van der Waals surface area contributed by atoms with Gasteiger partial charge in [-0.05, 0) is 11.1 Å². The third-order valence-corrected chi connectivity index (χ3v) is 3.50. The zero-order valence-electron chi connectivity index (χ0n) is 11.7. The Morgan fingerprint density at radius 3 is 1.70 bits per heavy atom. The van der Waals surface area contributed by atoms with Gasteiger partial charge in [-0.15, -0.1) is 0 Å². The summed E-state index contributed by atoms with van der Waals surface area (Å²) in [6, 6.07) is 20.6. The van der Waals surface area contributed by atoms with Gasteiger partial charge in [-0.1, -0.05) is 60.7 Å². The van der Waals surface area contributed by atoms with Crippen LogP contribution in [0.25, 0.3) is 0 Å². The van der Waals surface area contributed by atoms with Gasteiger partial charge >= 0.3 is 5.96 Å². The summed E-state index contributed by atoms with van der Waals surface area (Å²) in [4.78, 5) is 0. The lowest BCUT2D eigenvalue weighted by atomic mass is 9.92. The molecule has 0 bridgehead atoms. The van der Waals surface area contributed by atoms with Crippen LogP contribution in [0.1, 0.15) is 34.5 Å². The van der Waals surface area contributed by atoms with Gasteiger partial charge in [0.05, 0.1) is 0 Å². The van der Waals surface area contributed by atoms with E-state index >= 15 is 0 Å². The summed E-state index contributed by atoms with van der Waals surface area (Å²) in [5.74, 6) is 2.29. The molecule has 0 saturated carbocycles. The zero-order chi connectivity index (χ0) is 13.9. The van der Waals surface area contributed by atoms with Crippen LogP contribution in [0, 0.1) is 13.8 Å².